The first kappa shape index (κ1) is 40.7. The van der Waals surface area contributed by atoms with Gasteiger partial charge in [0.15, 0.2) is 5.96 Å². The molecule has 4 aliphatic carbocycles. The zero-order valence-electron chi connectivity index (χ0n) is 33.0. The average molecular weight is 686 g/mol. The number of allylic oxidation sites excluding steroid dienone is 1. The lowest BCUT2D eigenvalue weighted by Gasteiger charge is -2.58. The summed E-state index contributed by atoms with van der Waals surface area (Å²) in [6, 6.07) is -0.141. The van der Waals surface area contributed by atoms with E-state index in [0.29, 0.717) is 36.8 Å². The molecule has 6 nitrogen and oxygen atoms in total. The Morgan fingerprint density at radius 1 is 0.816 bits per heavy atom. The number of aliphatic imine (C=N–C) groups is 1. The monoisotopic (exact) mass is 686 g/mol. The van der Waals surface area contributed by atoms with Crippen LogP contribution in [-0.2, 0) is 14.2 Å². The first-order chi connectivity index (χ1) is 23.6. The Morgan fingerprint density at radius 3 is 2.22 bits per heavy atom. The molecule has 0 saturated heterocycles. The third-order valence-electron chi connectivity index (χ3n) is 13.9. The van der Waals surface area contributed by atoms with Gasteiger partial charge in [0.05, 0.1) is 19.3 Å². The first-order valence-electron chi connectivity index (χ1n) is 21.1. The molecule has 4 aliphatic rings. The van der Waals surface area contributed by atoms with Gasteiger partial charge < -0.3 is 25.7 Å². The molecule has 284 valence electrons. The van der Waals surface area contributed by atoms with E-state index in [9.17, 15) is 0 Å². The van der Waals surface area contributed by atoms with Crippen LogP contribution in [0.1, 0.15) is 164 Å². The van der Waals surface area contributed by atoms with Crippen LogP contribution in [0.3, 0.4) is 0 Å². The Hall–Kier alpha value is -1.11. The highest BCUT2D eigenvalue weighted by atomic mass is 16.5. The van der Waals surface area contributed by atoms with Crippen LogP contribution in [0, 0.1) is 46.3 Å². The van der Waals surface area contributed by atoms with E-state index in [-0.39, 0.29) is 12.0 Å². The zero-order chi connectivity index (χ0) is 35.3. The number of ether oxygens (including phenoxy) is 3. The number of rotatable bonds is 23. The number of nitrogens with zero attached hydrogens (tertiary/aromatic N) is 1. The fraction of sp³-hybridized carbons (Fsp3) is 0.930. The van der Waals surface area contributed by atoms with Crippen LogP contribution in [0.5, 0.6) is 0 Å². The van der Waals surface area contributed by atoms with Gasteiger partial charge in [-0.3, -0.25) is 0 Å². The minimum atomic E-state index is -0.141. The highest BCUT2D eigenvalue weighted by Crippen LogP contribution is 2.67. The molecule has 4 N–H and O–H groups in total. The third-order valence-corrected chi connectivity index (χ3v) is 13.9. The summed E-state index contributed by atoms with van der Waals surface area (Å²) in [7, 11) is 0. The van der Waals surface area contributed by atoms with Crippen molar-refractivity contribution < 1.29 is 14.2 Å². The quantitative estimate of drug-likeness (QED) is 0.0483. The zero-order valence-corrected chi connectivity index (χ0v) is 33.0. The molecule has 3 saturated carbocycles. The lowest BCUT2D eigenvalue weighted by atomic mass is 9.47. The van der Waals surface area contributed by atoms with E-state index in [2.05, 4.69) is 52.6 Å². The van der Waals surface area contributed by atoms with Crippen molar-refractivity contribution in [3.63, 3.8) is 0 Å². The summed E-state index contributed by atoms with van der Waals surface area (Å²) in [5.41, 5.74) is 14.0. The van der Waals surface area contributed by atoms with E-state index in [1.165, 1.54) is 96.3 Å². The van der Waals surface area contributed by atoms with Crippen molar-refractivity contribution in [2.24, 2.45) is 62.8 Å². The first-order valence-corrected chi connectivity index (χ1v) is 21.1. The molecule has 4 rings (SSSR count). The van der Waals surface area contributed by atoms with Crippen LogP contribution < -0.4 is 11.5 Å². The average Bonchev–Trinajstić information content (AvgIpc) is 3.42. The van der Waals surface area contributed by atoms with Crippen LogP contribution in [-0.4, -0.2) is 51.1 Å². The number of hydrogen-bond donors (Lipinski definition) is 2. The summed E-state index contributed by atoms with van der Waals surface area (Å²) in [6.45, 7) is 18.2. The largest absolute Gasteiger partial charge is 0.379 e. The van der Waals surface area contributed by atoms with Crippen LogP contribution in [0.2, 0.25) is 0 Å². The molecule has 6 heteroatoms. The maximum absolute atomic E-state index is 6.50. The molecular formula is C43H79N3O3. The Bertz CT molecular complexity index is 1010. The highest BCUT2D eigenvalue weighted by Gasteiger charge is 2.59. The van der Waals surface area contributed by atoms with Crippen LogP contribution >= 0.6 is 0 Å². The summed E-state index contributed by atoms with van der Waals surface area (Å²) < 4.78 is 18.3. The fourth-order valence-electron chi connectivity index (χ4n) is 11.1. The second-order valence-electron chi connectivity index (χ2n) is 17.9. The molecule has 1 unspecified atom stereocenters. The van der Waals surface area contributed by atoms with Gasteiger partial charge in [-0.2, -0.15) is 0 Å². The number of hydrogen-bond acceptors (Lipinski definition) is 4. The molecule has 0 aliphatic heterocycles. The molecular weight excluding hydrogens is 606 g/mol. The van der Waals surface area contributed by atoms with Crippen molar-refractivity contribution in [2.75, 3.05) is 33.0 Å². The fourth-order valence-corrected chi connectivity index (χ4v) is 11.1. The van der Waals surface area contributed by atoms with Crippen molar-refractivity contribution >= 4 is 5.96 Å². The molecule has 3 fully saturated rings. The SMILES string of the molecule is CCCCCCCCOC[C@H](COCCCCOC1CC[C@@]2(C)C(=CC[C@H]3[C@@H]4CC[C@H]([C@H](C)CCCC(C)C)[C@@]4(C)CC[C@@H]32)C1)N=C(N)N. The second kappa shape index (κ2) is 20.2. The van der Waals surface area contributed by atoms with Gasteiger partial charge in [0.1, 0.15) is 6.04 Å². The summed E-state index contributed by atoms with van der Waals surface area (Å²) in [5.74, 6) is 5.47. The lowest BCUT2D eigenvalue weighted by Crippen LogP contribution is -2.51. The minimum Gasteiger partial charge on any atom is -0.379 e. The molecule has 0 radical (unpaired) electrons. The number of fused-ring (bicyclic) bond motifs is 5. The van der Waals surface area contributed by atoms with Gasteiger partial charge in [-0.1, -0.05) is 105 Å². The van der Waals surface area contributed by atoms with E-state index in [1.807, 2.05) is 0 Å². The van der Waals surface area contributed by atoms with Crippen molar-refractivity contribution in [2.45, 2.75) is 176 Å². The van der Waals surface area contributed by atoms with E-state index in [1.54, 1.807) is 5.57 Å². The van der Waals surface area contributed by atoms with E-state index < -0.39 is 0 Å². The summed E-state index contributed by atoms with van der Waals surface area (Å²) >= 11 is 0. The molecule has 0 bridgehead atoms. The van der Waals surface area contributed by atoms with Crippen molar-refractivity contribution in [3.05, 3.63) is 11.6 Å². The number of guanidine groups is 1. The molecule has 9 atom stereocenters. The summed E-state index contributed by atoms with van der Waals surface area (Å²) in [6.07, 6.45) is 27.7. The van der Waals surface area contributed by atoms with Gasteiger partial charge in [-0.25, -0.2) is 4.99 Å². The standard InChI is InChI=1S/C43H79N3O3/c1-7-8-9-10-11-12-26-47-30-35(46-41(44)45)31-48-27-13-14-28-49-36-22-24-42(5)34(29-36)18-19-37-39-21-20-38(33(4)17-15-16-32(2)3)43(39,6)25-23-40(37)42/h18,32-33,35-40H,7-17,19-31H2,1-6H3,(H4,44,45,46)/t33-,35-,36?,37+,38-,39+,40+,42+,43-/m1/s1. The Labute approximate surface area is 302 Å². The smallest absolute Gasteiger partial charge is 0.186 e. The predicted molar refractivity (Wildman–Crippen MR) is 207 cm³/mol. The molecule has 0 aromatic rings. The van der Waals surface area contributed by atoms with E-state index in [0.717, 1.165) is 74.4 Å². The Morgan fingerprint density at radius 2 is 1.51 bits per heavy atom. The molecule has 0 aromatic carbocycles. The molecule has 0 aromatic heterocycles. The van der Waals surface area contributed by atoms with Crippen LogP contribution in [0.15, 0.2) is 16.6 Å². The van der Waals surface area contributed by atoms with Crippen molar-refractivity contribution in [1.29, 1.82) is 0 Å². The topological polar surface area (TPSA) is 92.1 Å². The highest BCUT2D eigenvalue weighted by molar-refractivity contribution is 5.75. The van der Waals surface area contributed by atoms with Crippen molar-refractivity contribution in [3.8, 4) is 0 Å². The number of nitrogens with two attached hydrogens (primary N) is 2. The second-order valence-corrected chi connectivity index (χ2v) is 17.9. The normalized spacial score (nSPS) is 32.2. The van der Waals surface area contributed by atoms with Gasteiger partial charge in [-0.05, 0) is 117 Å². The third kappa shape index (κ3) is 11.4. The maximum Gasteiger partial charge on any atom is 0.186 e. The lowest BCUT2D eigenvalue weighted by molar-refractivity contribution is -0.0643. The summed E-state index contributed by atoms with van der Waals surface area (Å²) in [5, 5.41) is 0. The Kier molecular flexibility index (Phi) is 16.8. The van der Waals surface area contributed by atoms with Gasteiger partial charge in [-0.15, -0.1) is 0 Å². The van der Waals surface area contributed by atoms with Crippen LogP contribution in [0.4, 0.5) is 0 Å². The van der Waals surface area contributed by atoms with Gasteiger partial charge in [0, 0.05) is 19.8 Å². The van der Waals surface area contributed by atoms with E-state index in [4.69, 9.17) is 25.7 Å². The van der Waals surface area contributed by atoms with Gasteiger partial charge in [0.2, 0.25) is 0 Å². The maximum atomic E-state index is 6.50. The summed E-state index contributed by atoms with van der Waals surface area (Å²) in [4.78, 5) is 4.33. The van der Waals surface area contributed by atoms with Gasteiger partial charge in [0.25, 0.3) is 0 Å². The molecule has 0 amide bonds. The number of unbranched alkanes of at least 4 members (excludes halogenated alkanes) is 6. The van der Waals surface area contributed by atoms with E-state index >= 15 is 0 Å². The van der Waals surface area contributed by atoms with Crippen LogP contribution in [0.25, 0.3) is 0 Å². The molecule has 0 spiro atoms. The Balaban J connectivity index is 1.13. The minimum absolute atomic E-state index is 0.101. The molecule has 0 heterocycles. The molecule has 49 heavy (non-hydrogen) atoms. The van der Waals surface area contributed by atoms with Crippen molar-refractivity contribution in [1.82, 2.24) is 0 Å². The van der Waals surface area contributed by atoms with Gasteiger partial charge >= 0.3 is 0 Å². The predicted octanol–water partition coefficient (Wildman–Crippen LogP) is 10.2.